The van der Waals surface area contributed by atoms with Gasteiger partial charge in [-0.2, -0.15) is 0 Å². The number of halogens is 1. The molecule has 2 atom stereocenters. The number of carbonyl (C=O) groups is 1. The van der Waals surface area contributed by atoms with Crippen molar-refractivity contribution in [3.8, 4) is 0 Å². The molecule has 0 saturated heterocycles. The molecule has 1 aliphatic rings. The van der Waals surface area contributed by atoms with Crippen molar-refractivity contribution in [2.24, 2.45) is 5.92 Å². The molecular formula is C17H20BrN3O3S2. The van der Waals surface area contributed by atoms with Gasteiger partial charge in [0.1, 0.15) is 0 Å². The van der Waals surface area contributed by atoms with Crippen molar-refractivity contribution in [3.05, 3.63) is 40.0 Å². The van der Waals surface area contributed by atoms with E-state index >= 15 is 0 Å². The highest BCUT2D eigenvalue weighted by atomic mass is 79.9. The van der Waals surface area contributed by atoms with Crippen LogP contribution >= 0.6 is 27.3 Å². The molecule has 1 heterocycles. The van der Waals surface area contributed by atoms with Crippen LogP contribution in [0.2, 0.25) is 0 Å². The molecule has 1 aromatic carbocycles. The Hall–Kier alpha value is -1.29. The number of rotatable bonds is 6. The maximum Gasteiger partial charge on any atom is 0.252 e. The third kappa shape index (κ3) is 4.33. The lowest BCUT2D eigenvalue weighted by atomic mass is 10.1. The number of anilines is 1. The number of nitrogens with one attached hydrogen (secondary N) is 1. The highest BCUT2D eigenvalue weighted by Gasteiger charge is 2.37. The summed E-state index contributed by atoms with van der Waals surface area (Å²) in [6.07, 6.45) is 1.08. The summed E-state index contributed by atoms with van der Waals surface area (Å²) in [5.41, 5.74) is 1.30. The Morgan fingerprint density at radius 2 is 2.00 bits per heavy atom. The summed E-state index contributed by atoms with van der Waals surface area (Å²) < 4.78 is 28.9. The summed E-state index contributed by atoms with van der Waals surface area (Å²) in [4.78, 5) is 18.2. The second-order valence-electron chi connectivity index (χ2n) is 6.57. The number of likely N-dealkylation sites (N-methyl/N-ethyl adjacent to an activating group) is 1. The van der Waals surface area contributed by atoms with E-state index in [1.807, 2.05) is 31.2 Å². The third-order valence-corrected chi connectivity index (χ3v) is 8.19. The molecule has 1 N–H and O–H groups in total. The summed E-state index contributed by atoms with van der Waals surface area (Å²) in [7, 11) is -1.98. The van der Waals surface area contributed by atoms with Gasteiger partial charge in [0, 0.05) is 17.6 Å². The molecule has 6 nitrogen and oxygen atoms in total. The van der Waals surface area contributed by atoms with Gasteiger partial charge in [-0.05, 0) is 37.0 Å². The summed E-state index contributed by atoms with van der Waals surface area (Å²) in [5, 5.41) is 0.383. The van der Waals surface area contributed by atoms with Crippen LogP contribution in [0.1, 0.15) is 24.6 Å². The van der Waals surface area contributed by atoms with Gasteiger partial charge in [-0.25, -0.2) is 18.1 Å². The standard InChI is InChI=1S/C17H20BrN3O3S2/c1-10-8-14(10)20-26(23,24)16-11(2)19-17(25-16)21(3)15(22)9-12-4-6-13(18)7-5-12/h4-7,10,14,20H,8-9H2,1-3H3. The zero-order valence-corrected chi connectivity index (χ0v) is 17.9. The molecule has 1 amide bonds. The fourth-order valence-corrected chi connectivity index (χ4v) is 5.62. The molecule has 0 aliphatic heterocycles. The molecule has 3 rings (SSSR count). The predicted octanol–water partition coefficient (Wildman–Crippen LogP) is 3.11. The highest BCUT2D eigenvalue weighted by molar-refractivity contribution is 9.10. The molecule has 2 aromatic rings. The molecule has 2 unspecified atom stereocenters. The van der Waals surface area contributed by atoms with Crippen LogP contribution in [0, 0.1) is 12.8 Å². The van der Waals surface area contributed by atoms with Gasteiger partial charge in [0.15, 0.2) is 9.34 Å². The molecule has 26 heavy (non-hydrogen) atoms. The van der Waals surface area contributed by atoms with Crippen molar-refractivity contribution in [1.82, 2.24) is 9.71 Å². The van der Waals surface area contributed by atoms with E-state index in [-0.39, 0.29) is 22.6 Å². The Morgan fingerprint density at radius 1 is 1.38 bits per heavy atom. The van der Waals surface area contributed by atoms with Gasteiger partial charge in [0.05, 0.1) is 12.1 Å². The average molecular weight is 458 g/mol. The minimum atomic E-state index is -3.60. The quantitative estimate of drug-likeness (QED) is 0.722. The van der Waals surface area contributed by atoms with E-state index in [4.69, 9.17) is 0 Å². The van der Waals surface area contributed by atoms with E-state index in [1.165, 1.54) is 4.90 Å². The van der Waals surface area contributed by atoms with Crippen molar-refractivity contribution in [3.63, 3.8) is 0 Å². The smallest absolute Gasteiger partial charge is 0.252 e. The van der Waals surface area contributed by atoms with Gasteiger partial charge in [-0.1, -0.05) is 46.3 Å². The van der Waals surface area contributed by atoms with E-state index < -0.39 is 10.0 Å². The number of amides is 1. The average Bonchev–Trinajstić information content (AvgIpc) is 3.09. The molecule has 140 valence electrons. The molecular weight excluding hydrogens is 438 g/mol. The van der Waals surface area contributed by atoms with Crippen molar-refractivity contribution in [1.29, 1.82) is 0 Å². The molecule has 1 saturated carbocycles. The lowest BCUT2D eigenvalue weighted by Gasteiger charge is -2.13. The third-order valence-electron chi connectivity index (χ3n) is 4.33. The first-order chi connectivity index (χ1) is 12.2. The Balaban J connectivity index is 1.74. The maximum atomic E-state index is 12.5. The Morgan fingerprint density at radius 3 is 2.58 bits per heavy atom. The lowest BCUT2D eigenvalue weighted by molar-refractivity contribution is -0.117. The first-order valence-corrected chi connectivity index (χ1v) is 11.3. The summed E-state index contributed by atoms with van der Waals surface area (Å²) >= 11 is 4.39. The van der Waals surface area contributed by atoms with Crippen molar-refractivity contribution in [2.75, 3.05) is 11.9 Å². The molecule has 0 radical (unpaired) electrons. The number of thiazole rings is 1. The number of hydrogen-bond donors (Lipinski definition) is 1. The Kier molecular flexibility index (Phi) is 5.53. The summed E-state index contributed by atoms with van der Waals surface area (Å²) in [5.74, 6) is 0.224. The van der Waals surface area contributed by atoms with E-state index in [9.17, 15) is 13.2 Å². The monoisotopic (exact) mass is 457 g/mol. The van der Waals surface area contributed by atoms with Crippen molar-refractivity contribution < 1.29 is 13.2 Å². The van der Waals surface area contributed by atoms with Gasteiger partial charge in [0.2, 0.25) is 5.91 Å². The van der Waals surface area contributed by atoms with Crippen LogP contribution in [-0.4, -0.2) is 32.4 Å². The summed E-state index contributed by atoms with van der Waals surface area (Å²) in [6, 6.07) is 7.51. The van der Waals surface area contributed by atoms with Crippen LogP contribution in [0.25, 0.3) is 0 Å². The number of nitrogens with zero attached hydrogens (tertiary/aromatic N) is 2. The summed E-state index contributed by atoms with van der Waals surface area (Å²) in [6.45, 7) is 3.66. The van der Waals surface area contributed by atoms with Gasteiger partial charge in [0.25, 0.3) is 10.0 Å². The van der Waals surface area contributed by atoms with E-state index in [1.54, 1.807) is 14.0 Å². The number of sulfonamides is 1. The zero-order chi connectivity index (χ0) is 19.1. The fourth-order valence-electron chi connectivity index (χ4n) is 2.50. The van der Waals surface area contributed by atoms with Crippen LogP contribution in [0.15, 0.2) is 32.9 Å². The van der Waals surface area contributed by atoms with Gasteiger partial charge < -0.3 is 0 Å². The highest BCUT2D eigenvalue weighted by Crippen LogP contribution is 2.34. The largest absolute Gasteiger partial charge is 0.291 e. The minimum absolute atomic E-state index is 0.00159. The number of benzene rings is 1. The molecule has 0 bridgehead atoms. The van der Waals surface area contributed by atoms with E-state index in [0.29, 0.717) is 16.7 Å². The molecule has 9 heteroatoms. The van der Waals surface area contributed by atoms with E-state index in [2.05, 4.69) is 25.6 Å². The second kappa shape index (κ2) is 7.38. The first kappa shape index (κ1) is 19.5. The molecule has 0 spiro atoms. The molecule has 1 aromatic heterocycles. The van der Waals surface area contributed by atoms with E-state index in [0.717, 1.165) is 27.8 Å². The molecule has 1 aliphatic carbocycles. The van der Waals surface area contributed by atoms with Gasteiger partial charge >= 0.3 is 0 Å². The van der Waals surface area contributed by atoms with Crippen LogP contribution in [0.5, 0.6) is 0 Å². The van der Waals surface area contributed by atoms with Gasteiger partial charge in [-0.15, -0.1) is 0 Å². The Bertz CT molecular complexity index is 925. The zero-order valence-electron chi connectivity index (χ0n) is 14.7. The SMILES string of the molecule is Cc1nc(N(C)C(=O)Cc2ccc(Br)cc2)sc1S(=O)(=O)NC1CC1C. The second-order valence-corrected chi connectivity index (χ2v) is 10.4. The fraction of sp³-hybridized carbons (Fsp3) is 0.412. The lowest BCUT2D eigenvalue weighted by Crippen LogP contribution is -2.27. The first-order valence-electron chi connectivity index (χ1n) is 8.18. The van der Waals surface area contributed by atoms with Crippen LogP contribution in [0.3, 0.4) is 0 Å². The van der Waals surface area contributed by atoms with Crippen molar-refractivity contribution in [2.45, 2.75) is 36.9 Å². The number of hydrogen-bond acceptors (Lipinski definition) is 5. The van der Waals surface area contributed by atoms with Crippen LogP contribution < -0.4 is 9.62 Å². The van der Waals surface area contributed by atoms with Gasteiger partial charge in [-0.3, -0.25) is 9.69 Å². The predicted molar refractivity (Wildman–Crippen MR) is 106 cm³/mol. The van der Waals surface area contributed by atoms with Crippen molar-refractivity contribution >= 4 is 48.3 Å². The Labute approximate surface area is 165 Å². The minimum Gasteiger partial charge on any atom is -0.291 e. The number of aromatic nitrogens is 1. The van der Waals surface area contributed by atoms with Crippen LogP contribution in [-0.2, 0) is 21.2 Å². The maximum absolute atomic E-state index is 12.5. The number of aryl methyl sites for hydroxylation is 1. The molecule has 1 fully saturated rings. The van der Waals surface area contributed by atoms with Crippen LogP contribution in [0.4, 0.5) is 5.13 Å². The number of carbonyl (C=O) groups excluding carboxylic acids is 1. The topological polar surface area (TPSA) is 79.4 Å². The normalized spacial score (nSPS) is 19.4.